The summed E-state index contributed by atoms with van der Waals surface area (Å²) >= 11 is 6.05. The minimum atomic E-state index is 0.616. The highest BCUT2D eigenvalue weighted by Crippen LogP contribution is 2.24. The van der Waals surface area contributed by atoms with Crippen molar-refractivity contribution in [3.05, 3.63) is 47.4 Å². The lowest BCUT2D eigenvalue weighted by Crippen LogP contribution is -2.37. The number of ether oxygens (including phenoxy) is 1. The van der Waals surface area contributed by atoms with Crippen LogP contribution in [0.5, 0.6) is 0 Å². The van der Waals surface area contributed by atoms with Crippen LogP contribution in [0.15, 0.2) is 36.7 Å². The maximum Gasteiger partial charge on any atom is 0.102 e. The highest BCUT2D eigenvalue weighted by Gasteiger charge is 2.10. The first-order valence-corrected chi connectivity index (χ1v) is 9.63. The molecule has 0 amide bonds. The lowest BCUT2D eigenvalue weighted by atomic mass is 10.2. The average molecular weight is 387 g/mol. The molecule has 1 N–H and O–H groups in total. The predicted molar refractivity (Wildman–Crippen MR) is 106 cm³/mol. The smallest absolute Gasteiger partial charge is 0.102 e. The highest BCUT2D eigenvalue weighted by atomic mass is 35.5. The molecule has 3 aromatic rings. The molecule has 1 saturated heterocycles. The number of morpholine rings is 1. The molecule has 0 saturated carbocycles. The van der Waals surface area contributed by atoms with Gasteiger partial charge >= 0.3 is 0 Å². The Hall–Kier alpha value is -2.22. The first-order valence-electron chi connectivity index (χ1n) is 9.25. The molecule has 1 fully saturated rings. The van der Waals surface area contributed by atoms with E-state index in [9.17, 15) is 0 Å². The van der Waals surface area contributed by atoms with E-state index in [1.54, 1.807) is 6.20 Å². The Morgan fingerprint density at radius 1 is 1.15 bits per heavy atom. The summed E-state index contributed by atoms with van der Waals surface area (Å²) in [7, 11) is 0. The Labute approximate surface area is 163 Å². The molecule has 1 aromatic carbocycles. The van der Waals surface area contributed by atoms with E-state index >= 15 is 0 Å². The number of halogens is 1. The van der Waals surface area contributed by atoms with Gasteiger partial charge in [-0.25, -0.2) is 0 Å². The minimum absolute atomic E-state index is 0.616. The van der Waals surface area contributed by atoms with E-state index in [0.717, 1.165) is 68.1 Å². The van der Waals surface area contributed by atoms with E-state index in [4.69, 9.17) is 16.3 Å². The third-order valence-electron chi connectivity index (χ3n) is 4.72. The molecule has 142 valence electrons. The standard InChI is InChI=1S/C19H23ClN6O/c20-15-2-3-17-18(4-5-21-19(17)12-15)22-13-16-14-26(24-23-16)7-1-6-25-8-10-27-11-9-25/h2-5,12,14H,1,6-11,13H2,(H,21,22). The van der Waals surface area contributed by atoms with Crippen molar-refractivity contribution >= 4 is 28.2 Å². The van der Waals surface area contributed by atoms with Gasteiger partial charge < -0.3 is 10.1 Å². The number of benzene rings is 1. The van der Waals surface area contributed by atoms with Gasteiger partial charge in [0.1, 0.15) is 5.69 Å². The lowest BCUT2D eigenvalue weighted by molar-refractivity contribution is 0.0368. The quantitative estimate of drug-likeness (QED) is 0.673. The van der Waals surface area contributed by atoms with Crippen LogP contribution in [0.3, 0.4) is 0 Å². The molecule has 3 heterocycles. The predicted octanol–water partition coefficient (Wildman–Crippen LogP) is 2.81. The molecule has 0 bridgehead atoms. The Morgan fingerprint density at radius 2 is 2.04 bits per heavy atom. The van der Waals surface area contributed by atoms with Crippen LogP contribution >= 0.6 is 11.6 Å². The Bertz CT molecular complexity index is 893. The summed E-state index contributed by atoms with van der Waals surface area (Å²) in [5.41, 5.74) is 2.80. The fourth-order valence-electron chi connectivity index (χ4n) is 3.27. The Balaban J connectivity index is 1.30. The van der Waals surface area contributed by atoms with Gasteiger partial charge in [0.05, 0.1) is 31.5 Å². The largest absolute Gasteiger partial charge is 0.379 e. The van der Waals surface area contributed by atoms with Gasteiger partial charge in [0, 0.05) is 48.5 Å². The summed E-state index contributed by atoms with van der Waals surface area (Å²) in [4.78, 5) is 6.80. The number of aromatic nitrogens is 4. The molecule has 7 nitrogen and oxygen atoms in total. The zero-order valence-electron chi connectivity index (χ0n) is 15.1. The zero-order valence-corrected chi connectivity index (χ0v) is 15.9. The van der Waals surface area contributed by atoms with Crippen LogP contribution in [0.25, 0.3) is 10.9 Å². The second kappa shape index (κ2) is 8.65. The fourth-order valence-corrected chi connectivity index (χ4v) is 3.44. The van der Waals surface area contributed by atoms with E-state index in [-0.39, 0.29) is 0 Å². The van der Waals surface area contributed by atoms with Crippen molar-refractivity contribution in [2.45, 2.75) is 19.5 Å². The molecule has 27 heavy (non-hydrogen) atoms. The van der Waals surface area contributed by atoms with Gasteiger partial charge in [0.25, 0.3) is 0 Å². The maximum absolute atomic E-state index is 6.05. The minimum Gasteiger partial charge on any atom is -0.379 e. The number of aryl methyl sites for hydroxylation is 1. The molecule has 1 aliphatic rings. The molecule has 0 spiro atoms. The van der Waals surface area contributed by atoms with E-state index in [2.05, 4.69) is 25.5 Å². The molecule has 4 rings (SSSR count). The number of hydrogen-bond donors (Lipinski definition) is 1. The summed E-state index contributed by atoms with van der Waals surface area (Å²) in [5.74, 6) is 0. The number of fused-ring (bicyclic) bond motifs is 1. The van der Waals surface area contributed by atoms with Crippen LogP contribution in [-0.2, 0) is 17.8 Å². The number of anilines is 1. The molecule has 8 heteroatoms. The van der Waals surface area contributed by atoms with Crippen molar-refractivity contribution in [1.82, 2.24) is 24.9 Å². The normalized spacial score (nSPS) is 15.3. The molecule has 1 aliphatic heterocycles. The van der Waals surface area contributed by atoms with Crippen LogP contribution in [-0.4, -0.2) is 57.7 Å². The topological polar surface area (TPSA) is 68.1 Å². The van der Waals surface area contributed by atoms with Crippen LogP contribution in [0.2, 0.25) is 5.02 Å². The summed E-state index contributed by atoms with van der Waals surface area (Å²) in [5, 5.41) is 13.7. The molecule has 2 aromatic heterocycles. The van der Waals surface area contributed by atoms with Crippen molar-refractivity contribution in [3.63, 3.8) is 0 Å². The number of hydrogen-bond acceptors (Lipinski definition) is 6. The summed E-state index contributed by atoms with van der Waals surface area (Å²) in [6.45, 7) is 6.30. The third-order valence-corrected chi connectivity index (χ3v) is 4.95. The van der Waals surface area contributed by atoms with Crippen molar-refractivity contribution in [2.75, 3.05) is 38.2 Å². The number of rotatable bonds is 7. The third kappa shape index (κ3) is 4.74. The van der Waals surface area contributed by atoms with Crippen molar-refractivity contribution in [2.24, 2.45) is 0 Å². The summed E-state index contributed by atoms with van der Waals surface area (Å²) in [6.07, 6.45) is 4.85. The molecule has 0 atom stereocenters. The number of nitrogens with one attached hydrogen (secondary N) is 1. The van der Waals surface area contributed by atoms with Gasteiger partial charge in [-0.15, -0.1) is 5.10 Å². The maximum atomic E-state index is 6.05. The van der Waals surface area contributed by atoms with Crippen molar-refractivity contribution < 1.29 is 4.74 Å². The SMILES string of the molecule is Clc1ccc2c(NCc3cn(CCCN4CCOCC4)nn3)ccnc2c1. The van der Waals surface area contributed by atoms with Gasteiger partial charge in [-0.1, -0.05) is 16.8 Å². The van der Waals surface area contributed by atoms with Crippen LogP contribution < -0.4 is 5.32 Å². The Kier molecular flexibility index (Phi) is 5.81. The Morgan fingerprint density at radius 3 is 2.93 bits per heavy atom. The van der Waals surface area contributed by atoms with Gasteiger partial charge in [0.2, 0.25) is 0 Å². The van der Waals surface area contributed by atoms with Crippen molar-refractivity contribution in [3.8, 4) is 0 Å². The molecule has 0 unspecified atom stereocenters. The van der Waals surface area contributed by atoms with Crippen LogP contribution in [0.4, 0.5) is 5.69 Å². The second-order valence-electron chi connectivity index (χ2n) is 6.65. The van der Waals surface area contributed by atoms with Gasteiger partial charge in [-0.05, 0) is 30.7 Å². The molecular formula is C19H23ClN6O. The van der Waals surface area contributed by atoms with Crippen LogP contribution in [0, 0.1) is 0 Å². The zero-order chi connectivity index (χ0) is 18.5. The monoisotopic (exact) mass is 386 g/mol. The number of nitrogens with zero attached hydrogens (tertiary/aromatic N) is 5. The second-order valence-corrected chi connectivity index (χ2v) is 7.09. The average Bonchev–Trinajstić information content (AvgIpc) is 3.14. The molecular weight excluding hydrogens is 364 g/mol. The lowest BCUT2D eigenvalue weighted by Gasteiger charge is -2.26. The molecule has 0 aliphatic carbocycles. The van der Waals surface area contributed by atoms with E-state index in [0.29, 0.717) is 11.6 Å². The van der Waals surface area contributed by atoms with Gasteiger partial charge in [-0.3, -0.25) is 14.6 Å². The van der Waals surface area contributed by atoms with E-state index < -0.39 is 0 Å². The summed E-state index contributed by atoms with van der Waals surface area (Å²) in [6, 6.07) is 7.69. The van der Waals surface area contributed by atoms with Crippen LogP contribution in [0.1, 0.15) is 12.1 Å². The van der Waals surface area contributed by atoms with Crippen molar-refractivity contribution in [1.29, 1.82) is 0 Å². The highest BCUT2D eigenvalue weighted by molar-refractivity contribution is 6.31. The fraction of sp³-hybridized carbons (Fsp3) is 0.421. The first kappa shape index (κ1) is 18.2. The first-order chi connectivity index (χ1) is 13.3. The summed E-state index contributed by atoms with van der Waals surface area (Å²) < 4.78 is 7.30. The van der Waals surface area contributed by atoms with E-state index in [1.165, 1.54) is 0 Å². The van der Waals surface area contributed by atoms with Gasteiger partial charge in [-0.2, -0.15) is 0 Å². The molecule has 0 radical (unpaired) electrons. The van der Waals surface area contributed by atoms with Gasteiger partial charge in [0.15, 0.2) is 0 Å². The van der Waals surface area contributed by atoms with E-state index in [1.807, 2.05) is 35.1 Å². The number of pyridine rings is 1.